The van der Waals surface area contributed by atoms with Gasteiger partial charge in [0.05, 0.1) is 22.7 Å². The molecule has 0 spiro atoms. The third-order valence-electron chi connectivity index (χ3n) is 15.2. The molecule has 0 aliphatic carbocycles. The Hall–Kier alpha value is -10.3. The molecule has 16 aromatic rings. The third kappa shape index (κ3) is 6.41. The lowest BCUT2D eigenvalue weighted by atomic mass is 9.91. The number of anilines is 6. The average molecular weight is 975 g/mol. The highest BCUT2D eigenvalue weighted by Gasteiger charge is 2.27. The molecule has 12 aromatic carbocycles. The summed E-state index contributed by atoms with van der Waals surface area (Å²) in [6.45, 7) is 0. The molecule has 0 amide bonds. The maximum atomic E-state index is 7.26. The molecule has 0 radical (unpaired) electrons. The zero-order chi connectivity index (χ0) is 49.8. The number of furan rings is 4. The molecule has 76 heavy (non-hydrogen) atoms. The van der Waals surface area contributed by atoms with E-state index in [9.17, 15) is 0 Å². The van der Waals surface area contributed by atoms with Crippen LogP contribution in [0.1, 0.15) is 0 Å². The molecular weight excluding hydrogens is 933 g/mol. The number of rotatable bonds is 8. The number of nitrogens with zero attached hydrogens (tertiary/aromatic N) is 2. The van der Waals surface area contributed by atoms with Crippen molar-refractivity contribution in [1.29, 1.82) is 0 Å². The highest BCUT2D eigenvalue weighted by atomic mass is 16.3. The van der Waals surface area contributed by atoms with Gasteiger partial charge in [-0.15, -0.1) is 0 Å². The van der Waals surface area contributed by atoms with Crippen molar-refractivity contribution in [2.75, 3.05) is 9.80 Å². The normalized spacial score (nSPS) is 11.9. The standard InChI is InChI=1S/C70H42N2O4/c1-5-19-43(20-6-1)55-41-57-58(65-53-37-35-47(39-63(53)75-69(55)65)71(45-23-9-3-10-24-45)59-31-17-29-51-49-27-13-15-33-61(49)73-67(51)59)42-56(44-21-7-2-8-22-44)70-66(57)54-38-36-48(40-64(54)76-70)72(46-25-11-4-12-26-46)60-32-18-30-52-50-28-14-16-34-62(50)74-68(52)60/h1-42H. The molecule has 0 atom stereocenters. The molecule has 6 heteroatoms. The van der Waals surface area contributed by atoms with Crippen LogP contribution in [-0.2, 0) is 0 Å². The molecule has 16 rings (SSSR count). The van der Waals surface area contributed by atoms with E-state index >= 15 is 0 Å². The van der Waals surface area contributed by atoms with E-state index < -0.39 is 0 Å². The van der Waals surface area contributed by atoms with Gasteiger partial charge in [0, 0.05) is 77.7 Å². The molecule has 0 bridgehead atoms. The van der Waals surface area contributed by atoms with E-state index in [0.29, 0.717) is 0 Å². The molecule has 0 aliphatic rings. The molecule has 0 unspecified atom stereocenters. The summed E-state index contributed by atoms with van der Waals surface area (Å²) in [5.41, 5.74) is 16.5. The van der Waals surface area contributed by atoms with Gasteiger partial charge in [-0.2, -0.15) is 0 Å². The molecule has 0 saturated heterocycles. The minimum Gasteiger partial charge on any atom is -0.455 e. The predicted molar refractivity (Wildman–Crippen MR) is 313 cm³/mol. The lowest BCUT2D eigenvalue weighted by Crippen LogP contribution is -2.10. The monoisotopic (exact) mass is 974 g/mol. The summed E-state index contributed by atoms with van der Waals surface area (Å²) in [7, 11) is 0. The van der Waals surface area contributed by atoms with Gasteiger partial charge >= 0.3 is 0 Å². The number of hydrogen-bond donors (Lipinski definition) is 0. The van der Waals surface area contributed by atoms with E-state index in [1.165, 1.54) is 0 Å². The number of fused-ring (bicyclic) bond motifs is 15. The Morgan fingerprint density at radius 1 is 0.224 bits per heavy atom. The van der Waals surface area contributed by atoms with Crippen LogP contribution in [0, 0.1) is 0 Å². The van der Waals surface area contributed by atoms with Gasteiger partial charge in [0.1, 0.15) is 33.5 Å². The summed E-state index contributed by atoms with van der Waals surface area (Å²) in [5, 5.41) is 10.6. The smallest absolute Gasteiger partial charge is 0.159 e. The summed E-state index contributed by atoms with van der Waals surface area (Å²) in [4.78, 5) is 4.54. The van der Waals surface area contributed by atoms with Crippen molar-refractivity contribution in [3.05, 3.63) is 255 Å². The Labute approximate surface area is 435 Å². The SMILES string of the molecule is c1ccc(-c2cc3c(cc(-c4ccccc4)c4oc5cc(N(c6ccccc6)c6cccc7c6oc6ccccc67)ccc5c43)c3c2oc2cc(N(c4ccccc4)c4cccc5c4oc4ccccc45)ccc23)cc1. The molecule has 6 nitrogen and oxygen atoms in total. The van der Waals surface area contributed by atoms with E-state index in [2.05, 4.69) is 240 Å². The van der Waals surface area contributed by atoms with Crippen molar-refractivity contribution < 1.29 is 17.7 Å². The summed E-state index contributed by atoms with van der Waals surface area (Å²) in [6.07, 6.45) is 0. The van der Waals surface area contributed by atoms with Crippen LogP contribution in [0.15, 0.2) is 272 Å². The Morgan fingerprint density at radius 3 is 1.03 bits per heavy atom. The van der Waals surface area contributed by atoms with Crippen LogP contribution in [0.2, 0.25) is 0 Å². The van der Waals surface area contributed by atoms with Gasteiger partial charge in [-0.1, -0.05) is 158 Å². The first-order chi connectivity index (χ1) is 37.7. The Kier molecular flexibility index (Phi) is 9.23. The highest BCUT2D eigenvalue weighted by Crippen LogP contribution is 2.51. The first-order valence-electron chi connectivity index (χ1n) is 25.6. The largest absolute Gasteiger partial charge is 0.455 e. The van der Waals surface area contributed by atoms with Crippen LogP contribution in [-0.4, -0.2) is 0 Å². The van der Waals surface area contributed by atoms with Crippen molar-refractivity contribution in [2.45, 2.75) is 0 Å². The second kappa shape index (κ2) is 16.6. The Morgan fingerprint density at radius 2 is 0.592 bits per heavy atom. The molecule has 0 aliphatic heterocycles. The molecule has 4 heterocycles. The molecular formula is C70H42N2O4. The van der Waals surface area contributed by atoms with Crippen molar-refractivity contribution >= 4 is 133 Å². The summed E-state index contributed by atoms with van der Waals surface area (Å²) in [6, 6.07) is 89.2. The second-order valence-corrected chi connectivity index (χ2v) is 19.5. The van der Waals surface area contributed by atoms with Gasteiger partial charge in [-0.25, -0.2) is 0 Å². The maximum Gasteiger partial charge on any atom is 0.159 e. The first kappa shape index (κ1) is 42.2. The third-order valence-corrected chi connectivity index (χ3v) is 15.2. The van der Waals surface area contributed by atoms with Gasteiger partial charge in [0.25, 0.3) is 0 Å². The van der Waals surface area contributed by atoms with Gasteiger partial charge in [-0.05, 0) is 107 Å². The molecule has 0 saturated carbocycles. The number of para-hydroxylation sites is 6. The zero-order valence-electron chi connectivity index (χ0n) is 40.8. The Bertz CT molecular complexity index is 4620. The van der Waals surface area contributed by atoms with E-state index in [-0.39, 0.29) is 0 Å². The minimum atomic E-state index is 0.776. The van der Waals surface area contributed by atoms with Crippen molar-refractivity contribution in [2.24, 2.45) is 0 Å². The molecule has 4 aromatic heterocycles. The van der Waals surface area contributed by atoms with Crippen LogP contribution in [0.5, 0.6) is 0 Å². The van der Waals surface area contributed by atoms with Gasteiger partial charge in [0.2, 0.25) is 0 Å². The molecule has 0 fully saturated rings. The zero-order valence-corrected chi connectivity index (χ0v) is 40.8. The first-order valence-corrected chi connectivity index (χ1v) is 25.6. The van der Waals surface area contributed by atoms with Gasteiger partial charge in [0.15, 0.2) is 11.2 Å². The van der Waals surface area contributed by atoms with Crippen LogP contribution >= 0.6 is 0 Å². The lowest BCUT2D eigenvalue weighted by molar-refractivity contribution is 0.668. The number of benzene rings is 12. The minimum absolute atomic E-state index is 0.776. The molecule has 356 valence electrons. The van der Waals surface area contributed by atoms with Crippen molar-refractivity contribution in [1.82, 2.24) is 0 Å². The van der Waals surface area contributed by atoms with E-state index in [1.807, 2.05) is 24.3 Å². The summed E-state index contributed by atoms with van der Waals surface area (Å²) >= 11 is 0. The van der Waals surface area contributed by atoms with E-state index in [1.54, 1.807) is 0 Å². The van der Waals surface area contributed by atoms with Crippen molar-refractivity contribution in [3.63, 3.8) is 0 Å². The topological polar surface area (TPSA) is 59.0 Å². The van der Waals surface area contributed by atoms with E-state index in [4.69, 9.17) is 17.7 Å². The van der Waals surface area contributed by atoms with E-state index in [0.717, 1.165) is 155 Å². The van der Waals surface area contributed by atoms with Crippen molar-refractivity contribution in [3.8, 4) is 22.3 Å². The lowest BCUT2D eigenvalue weighted by Gasteiger charge is -2.25. The van der Waals surface area contributed by atoms with Crippen LogP contribution in [0.3, 0.4) is 0 Å². The maximum absolute atomic E-state index is 7.26. The Balaban J connectivity index is 0.953. The summed E-state index contributed by atoms with van der Waals surface area (Å²) in [5.74, 6) is 0. The molecule has 0 N–H and O–H groups in total. The summed E-state index contributed by atoms with van der Waals surface area (Å²) < 4.78 is 27.9. The van der Waals surface area contributed by atoms with Gasteiger partial charge in [-0.3, -0.25) is 0 Å². The van der Waals surface area contributed by atoms with Crippen LogP contribution in [0.4, 0.5) is 34.1 Å². The average Bonchev–Trinajstić information content (AvgIpc) is 4.42. The van der Waals surface area contributed by atoms with Crippen LogP contribution < -0.4 is 9.80 Å². The number of hydrogen-bond acceptors (Lipinski definition) is 6. The quantitative estimate of drug-likeness (QED) is 0.151. The fraction of sp³-hybridized carbons (Fsp3) is 0. The highest BCUT2D eigenvalue weighted by molar-refractivity contribution is 6.32. The van der Waals surface area contributed by atoms with Crippen LogP contribution in [0.25, 0.3) is 121 Å². The van der Waals surface area contributed by atoms with Gasteiger partial charge < -0.3 is 27.5 Å². The predicted octanol–water partition coefficient (Wildman–Crippen LogP) is 20.7. The second-order valence-electron chi connectivity index (χ2n) is 19.5. The fourth-order valence-corrected chi connectivity index (χ4v) is 11.8. The fourth-order valence-electron chi connectivity index (χ4n) is 11.8.